The maximum absolute atomic E-state index is 13.5. The molecule has 6 N–H and O–H groups in total. The van der Waals surface area contributed by atoms with Crippen LogP contribution < -0.4 is 26.0 Å². The van der Waals surface area contributed by atoms with Crippen molar-refractivity contribution in [2.75, 3.05) is 26.4 Å². The van der Waals surface area contributed by atoms with Crippen molar-refractivity contribution >= 4 is 42.0 Å². The summed E-state index contributed by atoms with van der Waals surface area (Å²) >= 11 is 0. The van der Waals surface area contributed by atoms with E-state index in [2.05, 4.69) is 21.3 Å². The number of hydrogen-bond acceptors (Lipinski definition) is 11. The Morgan fingerprint density at radius 3 is 2.36 bits per heavy atom. The van der Waals surface area contributed by atoms with Gasteiger partial charge in [0.1, 0.15) is 17.6 Å². The second-order valence-corrected chi connectivity index (χ2v) is 12.5. The van der Waals surface area contributed by atoms with E-state index in [4.69, 9.17) is 19.1 Å². The van der Waals surface area contributed by atoms with E-state index in [1.807, 2.05) is 6.92 Å². The van der Waals surface area contributed by atoms with Gasteiger partial charge in [-0.1, -0.05) is 39.2 Å². The third kappa shape index (κ3) is 12.3. The Balaban J connectivity index is 1.67. The Morgan fingerprint density at radius 1 is 1.00 bits per heavy atom. The maximum Gasteiger partial charge on any atom is 0.335 e. The van der Waals surface area contributed by atoms with Gasteiger partial charge in [0.25, 0.3) is 11.8 Å². The lowest BCUT2D eigenvalue weighted by Gasteiger charge is -2.33. The van der Waals surface area contributed by atoms with E-state index >= 15 is 0 Å². The van der Waals surface area contributed by atoms with Gasteiger partial charge < -0.3 is 45.5 Å². The number of piperidine rings is 1. The summed E-state index contributed by atoms with van der Waals surface area (Å²) in [6, 6.07) is 4.84. The quantitative estimate of drug-likeness (QED) is 0.0440. The number of nitrogens with one attached hydrogen (secondary N) is 4. The third-order valence-electron chi connectivity index (χ3n) is 8.77. The van der Waals surface area contributed by atoms with Gasteiger partial charge in [-0.05, 0) is 70.0 Å². The zero-order valence-corrected chi connectivity index (χ0v) is 30.2. The van der Waals surface area contributed by atoms with Crippen LogP contribution in [-0.4, -0.2) is 95.8 Å². The van der Waals surface area contributed by atoms with Crippen molar-refractivity contribution in [3.63, 3.8) is 0 Å². The van der Waals surface area contributed by atoms with Gasteiger partial charge in [-0.3, -0.25) is 24.0 Å². The van der Waals surface area contributed by atoms with Gasteiger partial charge >= 0.3 is 17.9 Å². The molecule has 0 spiro atoms. The fourth-order valence-electron chi connectivity index (χ4n) is 5.95. The smallest absolute Gasteiger partial charge is 0.335 e. The fourth-order valence-corrected chi connectivity index (χ4v) is 5.95. The third-order valence-corrected chi connectivity index (χ3v) is 8.77. The average molecular weight is 744 g/mol. The highest BCUT2D eigenvalue weighted by Crippen LogP contribution is 2.29. The zero-order valence-electron chi connectivity index (χ0n) is 30.2. The first kappa shape index (κ1) is 42.0. The van der Waals surface area contributed by atoms with Crippen LogP contribution in [0.1, 0.15) is 93.1 Å². The van der Waals surface area contributed by atoms with E-state index < -0.39 is 60.1 Å². The number of aliphatic carboxylic acids is 2. The number of rotatable bonds is 22. The number of furan rings is 1. The van der Waals surface area contributed by atoms with Gasteiger partial charge in [-0.15, -0.1) is 0 Å². The Labute approximate surface area is 307 Å². The highest BCUT2D eigenvalue weighted by Gasteiger charge is 2.35. The molecule has 290 valence electrons. The van der Waals surface area contributed by atoms with Gasteiger partial charge in [-0.2, -0.15) is 5.06 Å². The van der Waals surface area contributed by atoms with Crippen molar-refractivity contribution in [2.45, 2.75) is 84.2 Å². The molecule has 17 heteroatoms. The van der Waals surface area contributed by atoms with Crippen molar-refractivity contribution < 1.29 is 57.8 Å². The highest BCUT2D eigenvalue weighted by molar-refractivity contribution is 6.00. The van der Waals surface area contributed by atoms with Gasteiger partial charge in [0.15, 0.2) is 5.76 Å². The Kier molecular flexibility index (Phi) is 16.8. The molecule has 1 aromatic carbocycles. The molecule has 17 nitrogen and oxygen atoms in total. The Hall–Kier alpha value is -5.45. The summed E-state index contributed by atoms with van der Waals surface area (Å²) < 4.78 is 11.3. The molecular formula is C36H49N5O12. The van der Waals surface area contributed by atoms with E-state index in [-0.39, 0.29) is 42.0 Å². The first-order chi connectivity index (χ1) is 25.4. The molecule has 0 bridgehead atoms. The number of carboxylic acids is 2. The second kappa shape index (κ2) is 21.2. The van der Waals surface area contributed by atoms with Crippen LogP contribution in [0.3, 0.4) is 0 Å². The van der Waals surface area contributed by atoms with Crippen LogP contribution in [-0.2, 0) is 28.8 Å². The standard InChI is InChI=1S/C36H49N5O12/c1-4-7-8-9-24(27(5-2)41(21-42)53-36(50)22-14-16-37-17-15-22)32(45)38-20-39-34(47)29-13-12-28(52-29)23-10-11-25(30(18-23)51-6-3)33(46)40-26(35(48)49)19-31(43)44/h10-13,18,21-22,24,26-27,37H,4-9,14-17,19-20H2,1-3H3,(H,38,45)(H,39,47)(H,40,46)(H,43,44)(H,48,49)/t24?,26?,27-/m1/s1. The number of ether oxygens (including phenoxy) is 1. The van der Waals surface area contributed by atoms with Crippen LogP contribution in [0.4, 0.5) is 0 Å². The van der Waals surface area contributed by atoms with Crippen molar-refractivity contribution in [1.82, 2.24) is 26.3 Å². The predicted octanol–water partition coefficient (Wildman–Crippen LogP) is 2.70. The molecule has 3 atom stereocenters. The molecule has 1 aliphatic heterocycles. The number of hydrogen-bond donors (Lipinski definition) is 6. The summed E-state index contributed by atoms with van der Waals surface area (Å²) in [6.07, 6.45) is 4.02. The van der Waals surface area contributed by atoms with Crippen LogP contribution in [0.2, 0.25) is 0 Å². The number of unbranched alkanes of at least 4 members (excludes halogenated alkanes) is 2. The fraction of sp³-hybridized carbons (Fsp3) is 0.528. The molecule has 3 rings (SSSR count). The number of carbonyl (C=O) groups is 7. The van der Waals surface area contributed by atoms with E-state index in [1.165, 1.54) is 30.3 Å². The highest BCUT2D eigenvalue weighted by atomic mass is 16.7. The molecule has 2 unspecified atom stereocenters. The maximum atomic E-state index is 13.5. The summed E-state index contributed by atoms with van der Waals surface area (Å²) in [4.78, 5) is 92.2. The topological polar surface area (TPSA) is 243 Å². The van der Waals surface area contributed by atoms with E-state index in [0.717, 1.165) is 17.9 Å². The van der Waals surface area contributed by atoms with Gasteiger partial charge in [0.2, 0.25) is 12.3 Å². The molecule has 1 aliphatic rings. The minimum Gasteiger partial charge on any atom is -0.493 e. The van der Waals surface area contributed by atoms with Gasteiger partial charge in [-0.25, -0.2) is 9.59 Å². The summed E-state index contributed by atoms with van der Waals surface area (Å²) in [7, 11) is 0. The SMILES string of the molecule is CCCCCC(C(=O)NCNC(=O)c1ccc(-c2ccc(C(=O)NC(CC(=O)O)C(=O)O)c(OCC)c2)o1)[C@@H](CC)N(C=O)OC(=O)C1CCNCC1. The number of nitrogens with zero attached hydrogens (tertiary/aromatic N) is 1. The van der Waals surface area contributed by atoms with Gasteiger partial charge in [0.05, 0.1) is 43.1 Å². The summed E-state index contributed by atoms with van der Waals surface area (Å²) in [6.45, 7) is 6.72. The molecule has 0 aliphatic carbocycles. The lowest BCUT2D eigenvalue weighted by Crippen LogP contribution is -2.49. The number of carboxylic acid groups (broad SMARTS) is 2. The number of amides is 4. The Bertz CT molecular complexity index is 1590. The van der Waals surface area contributed by atoms with E-state index in [1.54, 1.807) is 13.8 Å². The molecule has 53 heavy (non-hydrogen) atoms. The molecule has 4 amide bonds. The molecule has 1 fully saturated rings. The van der Waals surface area contributed by atoms with Crippen LogP contribution in [0.15, 0.2) is 34.7 Å². The van der Waals surface area contributed by atoms with Crippen molar-refractivity contribution in [1.29, 1.82) is 0 Å². The lowest BCUT2D eigenvalue weighted by atomic mass is 9.90. The molecule has 0 saturated carbocycles. The largest absolute Gasteiger partial charge is 0.493 e. The first-order valence-corrected chi connectivity index (χ1v) is 17.8. The molecule has 0 radical (unpaired) electrons. The Morgan fingerprint density at radius 2 is 1.74 bits per heavy atom. The van der Waals surface area contributed by atoms with Gasteiger partial charge in [0, 0.05) is 5.56 Å². The molecule has 2 heterocycles. The van der Waals surface area contributed by atoms with E-state index in [9.17, 15) is 38.7 Å². The zero-order chi connectivity index (χ0) is 38.9. The van der Waals surface area contributed by atoms with Crippen LogP contribution in [0.5, 0.6) is 5.75 Å². The monoisotopic (exact) mass is 743 g/mol. The minimum absolute atomic E-state index is 0.0398. The minimum atomic E-state index is -1.66. The summed E-state index contributed by atoms with van der Waals surface area (Å²) in [5.74, 6) is -6.19. The van der Waals surface area contributed by atoms with Crippen molar-refractivity contribution in [3.8, 4) is 17.1 Å². The van der Waals surface area contributed by atoms with Crippen LogP contribution >= 0.6 is 0 Å². The van der Waals surface area contributed by atoms with Crippen LogP contribution in [0.25, 0.3) is 11.3 Å². The molecule has 2 aromatic rings. The summed E-state index contributed by atoms with van der Waals surface area (Å²) in [5.41, 5.74) is 0.376. The van der Waals surface area contributed by atoms with Crippen molar-refractivity contribution in [3.05, 3.63) is 41.7 Å². The lowest BCUT2D eigenvalue weighted by molar-refractivity contribution is -0.208. The van der Waals surface area contributed by atoms with Crippen molar-refractivity contribution in [2.24, 2.45) is 11.8 Å². The number of hydroxylamine groups is 2. The number of benzene rings is 1. The molecule has 1 aromatic heterocycles. The first-order valence-electron chi connectivity index (χ1n) is 17.8. The van der Waals surface area contributed by atoms with E-state index in [0.29, 0.717) is 57.2 Å². The average Bonchev–Trinajstić information content (AvgIpc) is 3.64. The second-order valence-electron chi connectivity index (χ2n) is 12.5. The normalized spacial score (nSPS) is 14.5. The summed E-state index contributed by atoms with van der Waals surface area (Å²) in [5, 5.41) is 29.9. The number of carbonyl (C=O) groups excluding carboxylic acids is 5. The predicted molar refractivity (Wildman–Crippen MR) is 188 cm³/mol. The molecular weight excluding hydrogens is 694 g/mol. The van der Waals surface area contributed by atoms with Crippen LogP contribution in [0, 0.1) is 11.8 Å². The molecule has 1 saturated heterocycles.